The topological polar surface area (TPSA) is 293 Å². The fourth-order valence-electron chi connectivity index (χ4n) is 13.3. The van der Waals surface area contributed by atoms with E-state index in [0.29, 0.717) is 16.7 Å². The van der Waals surface area contributed by atoms with Gasteiger partial charge >= 0.3 is 29.8 Å². The summed E-state index contributed by atoms with van der Waals surface area (Å²) in [6.45, 7) is 9.79. The number of hydrogen-bond acceptors (Lipinski definition) is 17. The van der Waals surface area contributed by atoms with Crippen LogP contribution in [0.4, 0.5) is 4.39 Å². The lowest BCUT2D eigenvalue weighted by atomic mass is 9.44. The van der Waals surface area contributed by atoms with Crippen molar-refractivity contribution < 1.29 is 90.5 Å². The molecule has 10 rings (SSSR count). The van der Waals surface area contributed by atoms with Crippen molar-refractivity contribution in [1.29, 1.82) is 0 Å². The van der Waals surface area contributed by atoms with Crippen LogP contribution in [0.2, 0.25) is 0 Å². The summed E-state index contributed by atoms with van der Waals surface area (Å²) in [6, 6.07) is 33.7. The lowest BCUT2D eigenvalue weighted by molar-refractivity contribution is -0.346. The van der Waals surface area contributed by atoms with Gasteiger partial charge in [0.05, 0.1) is 47.0 Å². The monoisotopic (exact) mass is 1230 g/mol. The van der Waals surface area contributed by atoms with Crippen molar-refractivity contribution in [1.82, 2.24) is 5.32 Å². The number of allylic oxidation sites excluding steroid dienone is 2. The number of aliphatic hydroxyl groups is 3. The number of aliphatic carboxylic acids is 1. The van der Waals surface area contributed by atoms with Crippen LogP contribution in [0.25, 0.3) is 17.2 Å². The van der Waals surface area contributed by atoms with Gasteiger partial charge in [0, 0.05) is 43.9 Å². The number of halogens is 1. The summed E-state index contributed by atoms with van der Waals surface area (Å²) >= 11 is 0. The number of ketones is 1. The maximum atomic E-state index is 15.5. The number of carbonyl (C=O) groups excluding carboxylic acids is 6. The summed E-state index contributed by atoms with van der Waals surface area (Å²) in [5, 5.41) is 49.4. The molecule has 2 bridgehead atoms. The molecule has 1 amide bonds. The summed E-state index contributed by atoms with van der Waals surface area (Å²) in [7, 11) is -3.27. The second kappa shape index (κ2) is 24.6. The van der Waals surface area contributed by atoms with Crippen molar-refractivity contribution in [2.45, 2.75) is 126 Å². The first kappa shape index (κ1) is 64.0. The van der Waals surface area contributed by atoms with Gasteiger partial charge in [0.1, 0.15) is 29.7 Å². The number of ether oxygens (including phenoxy) is 5. The fourth-order valence-corrected chi connectivity index (χ4v) is 13.9. The van der Waals surface area contributed by atoms with Crippen molar-refractivity contribution >= 4 is 68.6 Å². The van der Waals surface area contributed by atoms with E-state index in [1.807, 2.05) is 13.0 Å². The second-order valence-corrected chi connectivity index (χ2v) is 25.6. The molecule has 1 aliphatic heterocycles. The largest absolute Gasteiger partial charge is 0.481 e. The molecule has 2 saturated carbocycles. The molecule has 1 heterocycles. The molecule has 88 heavy (non-hydrogen) atoms. The van der Waals surface area contributed by atoms with Crippen LogP contribution >= 0.6 is 0 Å². The van der Waals surface area contributed by atoms with Crippen LogP contribution in [0.15, 0.2) is 155 Å². The number of amides is 1. The lowest BCUT2D eigenvalue weighted by Gasteiger charge is -2.67. The lowest BCUT2D eigenvalue weighted by Crippen LogP contribution is -2.82. The Labute approximate surface area is 507 Å². The summed E-state index contributed by atoms with van der Waals surface area (Å²) < 4.78 is 67.1. The molecule has 0 unspecified atom stereocenters. The highest BCUT2D eigenvalue weighted by Crippen LogP contribution is 2.64. The van der Waals surface area contributed by atoms with E-state index in [4.69, 9.17) is 28.8 Å². The molecular formula is C67H68FNO18S. The maximum Gasteiger partial charge on any atom is 0.338 e. The van der Waals surface area contributed by atoms with Gasteiger partial charge in [-0.1, -0.05) is 98.8 Å². The number of sulfone groups is 1. The number of carboxylic acid groups (broad SMARTS) is 1. The molecule has 5 N–H and O–H groups in total. The third-order valence-corrected chi connectivity index (χ3v) is 19.0. The SMILES string of the molecule is CC(=O)O[C@H]1C(=O)[C@@]2(C)[C@H]([C@H](OC(=O)c3ccccc3)[C@]3(O)C[C@H](OC(=O)[C@H](O)[C@@H](NC(=O)c4ccccc4)c4ccccc4)C(C)=C1C3(C)C)[C@]1(OC(C)=O)CO[C@@H]1C[C@@H]2O.CC1=C(CC(=O)O)c2cc(F)ccc2/C1=C\c1ccc(S(C)(=O)=O)cc1. The molecule has 5 aromatic carbocycles. The Morgan fingerprint density at radius 3 is 1.97 bits per heavy atom. The van der Waals surface area contributed by atoms with Gasteiger partial charge in [-0.15, -0.1) is 0 Å². The molecule has 3 fully saturated rings. The molecule has 462 valence electrons. The Balaban J connectivity index is 0.000000294. The number of fused-ring (bicyclic) bond motifs is 6. The van der Waals surface area contributed by atoms with Gasteiger partial charge in [-0.3, -0.25) is 24.0 Å². The van der Waals surface area contributed by atoms with Gasteiger partial charge in [-0.2, -0.15) is 0 Å². The van der Waals surface area contributed by atoms with E-state index in [9.17, 15) is 56.9 Å². The van der Waals surface area contributed by atoms with Crippen molar-refractivity contribution in [3.63, 3.8) is 0 Å². The van der Waals surface area contributed by atoms with Crippen LogP contribution in [-0.2, 0) is 57.5 Å². The number of Topliss-reactive ketones (excluding diaryl/α,β-unsaturated/α-hetero) is 1. The number of nitrogens with one attached hydrogen (secondary N) is 1. The van der Waals surface area contributed by atoms with Crippen LogP contribution in [0.5, 0.6) is 0 Å². The summed E-state index contributed by atoms with van der Waals surface area (Å²) in [4.78, 5) is 94.9. The molecule has 0 radical (unpaired) electrons. The highest BCUT2D eigenvalue weighted by Gasteiger charge is 2.78. The van der Waals surface area contributed by atoms with Crippen LogP contribution < -0.4 is 5.32 Å². The molecule has 1 saturated heterocycles. The summed E-state index contributed by atoms with van der Waals surface area (Å²) in [6.07, 6.45) is -7.70. The van der Waals surface area contributed by atoms with Crippen molar-refractivity contribution in [3.05, 3.63) is 189 Å². The third kappa shape index (κ3) is 11.9. The first-order valence-electron chi connectivity index (χ1n) is 28.4. The summed E-state index contributed by atoms with van der Waals surface area (Å²) in [5.41, 5.74) is -2.71. The zero-order chi connectivity index (χ0) is 64.0. The minimum absolute atomic E-state index is 0.00289. The van der Waals surface area contributed by atoms with Gasteiger partial charge < -0.3 is 49.4 Å². The number of aliphatic hydroxyl groups excluding tert-OH is 2. The first-order valence-corrected chi connectivity index (χ1v) is 30.3. The Kier molecular flexibility index (Phi) is 17.9. The minimum Gasteiger partial charge on any atom is -0.481 e. The minimum atomic E-state index is -3.27. The molecular weight excluding hydrogens is 1160 g/mol. The Morgan fingerprint density at radius 2 is 1.41 bits per heavy atom. The van der Waals surface area contributed by atoms with Gasteiger partial charge in [-0.05, 0) is 125 Å². The molecule has 11 atom stereocenters. The van der Waals surface area contributed by atoms with E-state index in [2.05, 4.69) is 5.32 Å². The number of hydrogen-bond donors (Lipinski definition) is 5. The van der Waals surface area contributed by atoms with Crippen LogP contribution in [0.1, 0.15) is 117 Å². The molecule has 0 spiro atoms. The average Bonchev–Trinajstić information content (AvgIpc) is 0.798. The maximum absolute atomic E-state index is 15.5. The van der Waals surface area contributed by atoms with Crippen LogP contribution in [0.3, 0.4) is 0 Å². The van der Waals surface area contributed by atoms with E-state index in [-0.39, 0.29) is 46.6 Å². The molecule has 5 aromatic rings. The Bertz CT molecular complexity index is 3810. The van der Waals surface area contributed by atoms with E-state index >= 15 is 4.79 Å². The van der Waals surface area contributed by atoms with Crippen molar-refractivity contribution in [2.75, 3.05) is 12.9 Å². The average molecular weight is 1230 g/mol. The second-order valence-electron chi connectivity index (χ2n) is 23.6. The molecule has 0 aromatic heterocycles. The van der Waals surface area contributed by atoms with E-state index in [1.54, 1.807) is 111 Å². The van der Waals surface area contributed by atoms with Crippen LogP contribution in [-0.4, -0.2) is 131 Å². The van der Waals surface area contributed by atoms with E-state index in [1.165, 1.54) is 50.2 Å². The highest BCUT2D eigenvalue weighted by atomic mass is 32.2. The predicted octanol–water partition coefficient (Wildman–Crippen LogP) is 7.77. The van der Waals surface area contributed by atoms with Crippen molar-refractivity contribution in [2.24, 2.45) is 16.7 Å². The number of carboxylic acids is 1. The summed E-state index contributed by atoms with van der Waals surface area (Å²) in [5.74, 6) is -8.24. The number of benzene rings is 5. The van der Waals surface area contributed by atoms with Crippen LogP contribution in [0, 0.1) is 22.6 Å². The number of esters is 4. The van der Waals surface area contributed by atoms with Gasteiger partial charge in [0.2, 0.25) is 0 Å². The smallest absolute Gasteiger partial charge is 0.338 e. The first-order chi connectivity index (χ1) is 41.4. The Morgan fingerprint density at radius 1 is 0.807 bits per heavy atom. The number of carbonyl (C=O) groups is 7. The Hall–Kier alpha value is -8.47. The normalized spacial score (nSPS) is 27.0. The molecule has 5 aliphatic rings. The molecule has 21 heteroatoms. The number of rotatable bonds is 14. The quantitative estimate of drug-likeness (QED) is 0.0403. The highest BCUT2D eigenvalue weighted by molar-refractivity contribution is 7.90. The van der Waals surface area contributed by atoms with Gasteiger partial charge in [0.15, 0.2) is 33.4 Å². The zero-order valence-corrected chi connectivity index (χ0v) is 50.3. The predicted molar refractivity (Wildman–Crippen MR) is 316 cm³/mol. The molecule has 4 aliphatic carbocycles. The molecule has 19 nitrogen and oxygen atoms in total. The van der Waals surface area contributed by atoms with E-state index < -0.39 is 134 Å². The van der Waals surface area contributed by atoms with Gasteiger partial charge in [0.25, 0.3) is 5.91 Å². The standard InChI is InChI=1S/C47H51NO14.C20H17FO4S/c1-25-31(60-43(56)36(52)35(28-16-10-7-11-17-28)48-41(54)29-18-12-8-13-19-29)23-47(57)40(61-42(55)30-20-14-9-15-21-30)38-45(6,32(51)22-33-46(38,24-58-33)62-27(3)50)39(53)37(59-26(2)49)34(25)44(47,4)5;1-12-17(9-13-3-6-15(7-4-13)26(2,24)25)16-8-5-14(21)10-19(16)18(12)11-20(22)23/h7-21,31-33,35-38,40,51-52,57H,22-24H2,1-6H3,(H,48,54);3-10H,11H2,1-2H3,(H,22,23)/b;17-9-/t31-,32-,33+,35-,36+,37+,38-,40-,45+,46-,47+;/m0./s1. The van der Waals surface area contributed by atoms with E-state index in [0.717, 1.165) is 42.4 Å². The van der Waals surface area contributed by atoms with Gasteiger partial charge in [-0.25, -0.2) is 22.4 Å². The zero-order valence-electron chi connectivity index (χ0n) is 49.5. The third-order valence-electron chi connectivity index (χ3n) is 17.9. The van der Waals surface area contributed by atoms with Crippen molar-refractivity contribution in [3.8, 4) is 0 Å². The fraction of sp³-hybridized carbons (Fsp3) is 0.358.